The van der Waals surface area contributed by atoms with Crippen LogP contribution in [-0.4, -0.2) is 31.1 Å². The molecule has 1 atom stereocenters. The van der Waals surface area contributed by atoms with E-state index in [1.54, 1.807) is 12.1 Å². The molecule has 18 heavy (non-hydrogen) atoms. The van der Waals surface area contributed by atoms with Crippen LogP contribution in [0.4, 0.5) is 4.39 Å². The molecule has 0 bridgehead atoms. The number of rotatable bonds is 4. The van der Waals surface area contributed by atoms with Crippen molar-refractivity contribution in [3.05, 3.63) is 34.1 Å². The molecule has 100 valence electrons. The number of halogens is 2. The lowest BCUT2D eigenvalue weighted by Crippen LogP contribution is -2.45. The lowest BCUT2D eigenvalue weighted by atomic mass is 9.99. The van der Waals surface area contributed by atoms with E-state index < -0.39 is 0 Å². The number of hydrogen-bond donors (Lipinski definition) is 1. The van der Waals surface area contributed by atoms with Crippen LogP contribution in [0, 0.1) is 5.82 Å². The van der Waals surface area contributed by atoms with E-state index in [0.29, 0.717) is 0 Å². The Labute approximate surface area is 117 Å². The zero-order valence-electron chi connectivity index (χ0n) is 10.8. The van der Waals surface area contributed by atoms with Gasteiger partial charge in [0.1, 0.15) is 5.82 Å². The first-order valence-corrected chi connectivity index (χ1v) is 7.42. The van der Waals surface area contributed by atoms with Gasteiger partial charge >= 0.3 is 0 Å². The van der Waals surface area contributed by atoms with Crippen molar-refractivity contribution in [2.75, 3.05) is 26.2 Å². The van der Waals surface area contributed by atoms with Gasteiger partial charge in [0.15, 0.2) is 0 Å². The predicted molar refractivity (Wildman–Crippen MR) is 76.2 cm³/mol. The van der Waals surface area contributed by atoms with Crippen LogP contribution in [0.5, 0.6) is 0 Å². The Bertz CT molecular complexity index is 371. The minimum absolute atomic E-state index is 0.0960. The molecule has 1 aromatic carbocycles. The van der Waals surface area contributed by atoms with Crippen LogP contribution in [0.2, 0.25) is 0 Å². The fourth-order valence-electron chi connectivity index (χ4n) is 2.61. The fraction of sp³-hybridized carbons (Fsp3) is 0.571. The van der Waals surface area contributed by atoms with E-state index in [-0.39, 0.29) is 11.9 Å². The van der Waals surface area contributed by atoms with Gasteiger partial charge in [0.25, 0.3) is 0 Å². The minimum Gasteiger partial charge on any atom is -0.314 e. The van der Waals surface area contributed by atoms with Crippen molar-refractivity contribution in [3.8, 4) is 0 Å². The molecular formula is C14H20BrFN2. The van der Waals surface area contributed by atoms with Crippen LogP contribution in [0.3, 0.4) is 0 Å². The normalized spacial score (nSPS) is 18.8. The lowest BCUT2D eigenvalue weighted by Gasteiger charge is -2.35. The number of piperazine rings is 1. The molecule has 0 saturated carbocycles. The molecule has 0 spiro atoms. The third kappa shape index (κ3) is 3.11. The standard InChI is InChI=1S/C14H20BrFN2/c1-2-4-13(18-9-7-17-8-10-18)14-11(15)5-3-6-12(14)16/h3,5-6,13,17H,2,4,7-10H2,1H3/t13-/m0/s1. The number of nitrogens with zero attached hydrogens (tertiary/aromatic N) is 1. The quantitative estimate of drug-likeness (QED) is 0.917. The largest absolute Gasteiger partial charge is 0.314 e. The second-order valence-electron chi connectivity index (χ2n) is 4.73. The van der Waals surface area contributed by atoms with E-state index in [2.05, 4.69) is 33.1 Å². The average Bonchev–Trinajstić information content (AvgIpc) is 2.38. The van der Waals surface area contributed by atoms with Crippen LogP contribution in [-0.2, 0) is 0 Å². The number of nitrogens with one attached hydrogen (secondary N) is 1. The van der Waals surface area contributed by atoms with Gasteiger partial charge in [-0.25, -0.2) is 4.39 Å². The molecule has 1 fully saturated rings. The van der Waals surface area contributed by atoms with Crippen molar-refractivity contribution in [2.45, 2.75) is 25.8 Å². The molecule has 0 radical (unpaired) electrons. The molecule has 2 rings (SSSR count). The Hall–Kier alpha value is -0.450. The van der Waals surface area contributed by atoms with E-state index >= 15 is 0 Å². The molecule has 1 saturated heterocycles. The summed E-state index contributed by atoms with van der Waals surface area (Å²) in [6, 6.07) is 5.44. The summed E-state index contributed by atoms with van der Waals surface area (Å²) in [7, 11) is 0. The van der Waals surface area contributed by atoms with Gasteiger partial charge in [-0.3, -0.25) is 4.90 Å². The molecule has 4 heteroatoms. The van der Waals surface area contributed by atoms with Gasteiger partial charge in [0.2, 0.25) is 0 Å². The monoisotopic (exact) mass is 314 g/mol. The zero-order chi connectivity index (χ0) is 13.0. The third-order valence-electron chi connectivity index (χ3n) is 3.49. The van der Waals surface area contributed by atoms with Crippen LogP contribution < -0.4 is 5.32 Å². The number of benzene rings is 1. The van der Waals surface area contributed by atoms with Gasteiger partial charge in [-0.05, 0) is 18.6 Å². The SMILES string of the molecule is CCC[C@@H](c1c(F)cccc1Br)N1CCNCC1. The molecule has 0 aromatic heterocycles. The first kappa shape index (κ1) is 14.0. The maximum absolute atomic E-state index is 14.1. The molecule has 2 nitrogen and oxygen atoms in total. The van der Waals surface area contributed by atoms with Crippen molar-refractivity contribution in [2.24, 2.45) is 0 Å². The molecule has 1 heterocycles. The van der Waals surface area contributed by atoms with Crippen molar-refractivity contribution in [1.82, 2.24) is 10.2 Å². The Balaban J connectivity index is 2.28. The summed E-state index contributed by atoms with van der Waals surface area (Å²) < 4.78 is 15.0. The fourth-order valence-corrected chi connectivity index (χ4v) is 3.21. The van der Waals surface area contributed by atoms with Crippen LogP contribution in [0.15, 0.2) is 22.7 Å². The molecule has 1 N–H and O–H groups in total. The average molecular weight is 315 g/mol. The molecular weight excluding hydrogens is 295 g/mol. The van der Waals surface area contributed by atoms with E-state index in [4.69, 9.17) is 0 Å². The Morgan fingerprint density at radius 3 is 2.72 bits per heavy atom. The van der Waals surface area contributed by atoms with Crippen LogP contribution in [0.25, 0.3) is 0 Å². The first-order valence-electron chi connectivity index (χ1n) is 6.62. The zero-order valence-corrected chi connectivity index (χ0v) is 12.3. The summed E-state index contributed by atoms with van der Waals surface area (Å²) in [4.78, 5) is 2.39. The summed E-state index contributed by atoms with van der Waals surface area (Å²) in [6.07, 6.45) is 2.06. The van der Waals surface area contributed by atoms with Gasteiger partial charge in [-0.1, -0.05) is 35.3 Å². The maximum atomic E-state index is 14.1. The maximum Gasteiger partial charge on any atom is 0.129 e. The second kappa shape index (κ2) is 6.64. The van der Waals surface area contributed by atoms with Crippen LogP contribution >= 0.6 is 15.9 Å². The lowest BCUT2D eigenvalue weighted by molar-refractivity contribution is 0.161. The Morgan fingerprint density at radius 2 is 2.11 bits per heavy atom. The van der Waals surface area contributed by atoms with Gasteiger partial charge in [0, 0.05) is 42.3 Å². The topological polar surface area (TPSA) is 15.3 Å². The van der Waals surface area contributed by atoms with E-state index in [9.17, 15) is 4.39 Å². The summed E-state index contributed by atoms with van der Waals surface area (Å²) in [6.45, 7) is 6.12. The van der Waals surface area contributed by atoms with Crippen LogP contribution in [0.1, 0.15) is 31.4 Å². The van der Waals surface area contributed by atoms with Crippen molar-refractivity contribution >= 4 is 15.9 Å². The Morgan fingerprint density at radius 1 is 1.39 bits per heavy atom. The highest BCUT2D eigenvalue weighted by Gasteiger charge is 2.25. The second-order valence-corrected chi connectivity index (χ2v) is 5.58. The smallest absolute Gasteiger partial charge is 0.129 e. The molecule has 1 aliphatic rings. The van der Waals surface area contributed by atoms with Gasteiger partial charge in [-0.15, -0.1) is 0 Å². The highest BCUT2D eigenvalue weighted by molar-refractivity contribution is 9.10. The van der Waals surface area contributed by atoms with E-state index in [1.807, 2.05) is 6.07 Å². The van der Waals surface area contributed by atoms with Crippen molar-refractivity contribution < 1.29 is 4.39 Å². The summed E-state index contributed by atoms with van der Waals surface area (Å²) in [5.74, 6) is -0.0960. The van der Waals surface area contributed by atoms with Crippen molar-refractivity contribution in [3.63, 3.8) is 0 Å². The molecule has 1 aromatic rings. The van der Waals surface area contributed by atoms with Gasteiger partial charge in [0.05, 0.1) is 0 Å². The van der Waals surface area contributed by atoms with E-state index in [0.717, 1.165) is 49.1 Å². The highest BCUT2D eigenvalue weighted by atomic mass is 79.9. The third-order valence-corrected chi connectivity index (χ3v) is 4.18. The van der Waals surface area contributed by atoms with E-state index in [1.165, 1.54) is 0 Å². The van der Waals surface area contributed by atoms with Gasteiger partial charge < -0.3 is 5.32 Å². The molecule has 0 amide bonds. The number of hydrogen-bond acceptors (Lipinski definition) is 2. The molecule has 0 unspecified atom stereocenters. The first-order chi connectivity index (χ1) is 8.74. The minimum atomic E-state index is -0.0960. The summed E-state index contributed by atoms with van der Waals surface area (Å²) >= 11 is 3.50. The highest BCUT2D eigenvalue weighted by Crippen LogP contribution is 2.33. The molecule has 0 aliphatic carbocycles. The summed E-state index contributed by atoms with van der Waals surface area (Å²) in [5, 5.41) is 3.35. The predicted octanol–water partition coefficient (Wildman–Crippen LogP) is 3.33. The molecule has 1 aliphatic heterocycles. The van der Waals surface area contributed by atoms with Crippen molar-refractivity contribution in [1.29, 1.82) is 0 Å². The Kier molecular flexibility index (Phi) is 5.15. The summed E-state index contributed by atoms with van der Waals surface area (Å²) in [5.41, 5.74) is 0.821. The van der Waals surface area contributed by atoms with Gasteiger partial charge in [-0.2, -0.15) is 0 Å².